The van der Waals surface area contributed by atoms with Gasteiger partial charge in [-0.25, -0.2) is 0 Å². The van der Waals surface area contributed by atoms with E-state index in [4.69, 9.17) is 13.9 Å². The standard InChI is InChI=1S/C20H36O4Si/c1-19(2,3)25(4,5)24-17-10-9-15(21)13-16(17)18-14-22-20(23-18)11-7-6-8-12-20/h9-10,15-18,21H,6-8,11-14H2,1-5H3/t15-,16+,17+,18-/m1/s1. The third-order valence-electron chi connectivity index (χ3n) is 6.67. The Hall–Kier alpha value is -0.203. The van der Waals surface area contributed by atoms with E-state index in [1.807, 2.05) is 6.08 Å². The zero-order valence-corrected chi connectivity index (χ0v) is 17.6. The molecule has 0 aromatic heterocycles. The predicted molar refractivity (Wildman–Crippen MR) is 102 cm³/mol. The summed E-state index contributed by atoms with van der Waals surface area (Å²) in [4.78, 5) is 0. The Balaban J connectivity index is 1.73. The van der Waals surface area contributed by atoms with Crippen LogP contribution in [-0.2, 0) is 13.9 Å². The van der Waals surface area contributed by atoms with Gasteiger partial charge in [0, 0.05) is 18.8 Å². The minimum Gasteiger partial charge on any atom is -0.410 e. The van der Waals surface area contributed by atoms with Crippen LogP contribution < -0.4 is 0 Å². The van der Waals surface area contributed by atoms with Gasteiger partial charge in [-0.05, 0) is 37.4 Å². The van der Waals surface area contributed by atoms with E-state index < -0.39 is 14.4 Å². The zero-order valence-electron chi connectivity index (χ0n) is 16.6. The van der Waals surface area contributed by atoms with Gasteiger partial charge in [0.05, 0.1) is 24.9 Å². The van der Waals surface area contributed by atoms with Crippen molar-refractivity contribution in [2.45, 2.75) is 102 Å². The monoisotopic (exact) mass is 368 g/mol. The zero-order chi connectivity index (χ0) is 18.3. The van der Waals surface area contributed by atoms with Crippen LogP contribution in [-0.4, -0.2) is 44.1 Å². The molecule has 1 spiro atoms. The van der Waals surface area contributed by atoms with E-state index in [1.54, 1.807) is 0 Å². The minimum atomic E-state index is -1.88. The van der Waals surface area contributed by atoms with Crippen LogP contribution in [0.4, 0.5) is 0 Å². The van der Waals surface area contributed by atoms with Crippen LogP contribution in [0.15, 0.2) is 12.2 Å². The fraction of sp³-hybridized carbons (Fsp3) is 0.900. The lowest BCUT2D eigenvalue weighted by Gasteiger charge is -2.43. The quantitative estimate of drug-likeness (QED) is 0.593. The molecule has 0 unspecified atom stereocenters. The van der Waals surface area contributed by atoms with Gasteiger partial charge in [-0.2, -0.15) is 0 Å². The predicted octanol–water partition coefficient (Wildman–Crippen LogP) is 4.39. The molecule has 1 heterocycles. The fourth-order valence-electron chi connectivity index (χ4n) is 4.02. The molecule has 1 saturated carbocycles. The molecule has 2 aliphatic carbocycles. The van der Waals surface area contributed by atoms with Crippen LogP contribution in [0.5, 0.6) is 0 Å². The number of rotatable bonds is 3. The highest BCUT2D eigenvalue weighted by Crippen LogP contribution is 2.44. The van der Waals surface area contributed by atoms with E-state index in [-0.39, 0.29) is 29.0 Å². The second-order valence-electron chi connectivity index (χ2n) is 9.63. The van der Waals surface area contributed by atoms with Crippen LogP contribution in [0, 0.1) is 5.92 Å². The molecule has 1 aliphatic heterocycles. The number of ether oxygens (including phenoxy) is 2. The van der Waals surface area contributed by atoms with E-state index in [0.29, 0.717) is 13.0 Å². The maximum atomic E-state index is 10.2. The summed E-state index contributed by atoms with van der Waals surface area (Å²) < 4.78 is 19.3. The van der Waals surface area contributed by atoms with Gasteiger partial charge in [0.2, 0.25) is 0 Å². The molecule has 0 radical (unpaired) electrons. The molecule has 3 rings (SSSR count). The summed E-state index contributed by atoms with van der Waals surface area (Å²) in [6.45, 7) is 12.0. The highest BCUT2D eigenvalue weighted by Gasteiger charge is 2.49. The van der Waals surface area contributed by atoms with E-state index in [9.17, 15) is 5.11 Å². The molecule has 4 atom stereocenters. The van der Waals surface area contributed by atoms with Gasteiger partial charge in [0.15, 0.2) is 14.1 Å². The Bertz CT molecular complexity index is 490. The van der Waals surface area contributed by atoms with Gasteiger partial charge in [-0.15, -0.1) is 0 Å². The summed E-state index contributed by atoms with van der Waals surface area (Å²) in [5.41, 5.74) is 0. The van der Waals surface area contributed by atoms with Gasteiger partial charge in [-0.3, -0.25) is 0 Å². The van der Waals surface area contributed by atoms with Crippen LogP contribution >= 0.6 is 0 Å². The van der Waals surface area contributed by atoms with Crippen molar-refractivity contribution in [3.05, 3.63) is 12.2 Å². The largest absolute Gasteiger partial charge is 0.410 e. The second-order valence-corrected chi connectivity index (χ2v) is 14.4. The highest BCUT2D eigenvalue weighted by molar-refractivity contribution is 6.74. The maximum Gasteiger partial charge on any atom is 0.192 e. The first-order valence-corrected chi connectivity index (χ1v) is 12.9. The van der Waals surface area contributed by atoms with E-state index in [0.717, 1.165) is 12.8 Å². The highest BCUT2D eigenvalue weighted by atomic mass is 28.4. The minimum absolute atomic E-state index is 0.0108. The first-order valence-electron chi connectivity index (χ1n) is 9.98. The Labute approximate surface area is 154 Å². The lowest BCUT2D eigenvalue weighted by atomic mass is 9.85. The van der Waals surface area contributed by atoms with Crippen LogP contribution in [0.2, 0.25) is 18.1 Å². The van der Waals surface area contributed by atoms with Crippen LogP contribution in [0.1, 0.15) is 59.3 Å². The number of aliphatic hydroxyl groups excluding tert-OH is 1. The Morgan fingerprint density at radius 1 is 1.12 bits per heavy atom. The normalized spacial score (nSPS) is 36.1. The first kappa shape index (κ1) is 19.6. The number of aliphatic hydroxyl groups is 1. The molecular weight excluding hydrogens is 332 g/mol. The molecular formula is C20H36O4Si. The van der Waals surface area contributed by atoms with Gasteiger partial charge >= 0.3 is 0 Å². The average molecular weight is 369 g/mol. The molecule has 5 heteroatoms. The Kier molecular flexibility index (Phi) is 5.54. The lowest BCUT2D eigenvalue weighted by molar-refractivity contribution is -0.194. The number of hydrogen-bond acceptors (Lipinski definition) is 4. The molecule has 25 heavy (non-hydrogen) atoms. The number of hydrogen-bond donors (Lipinski definition) is 1. The van der Waals surface area contributed by atoms with Crippen molar-refractivity contribution in [2.75, 3.05) is 6.61 Å². The van der Waals surface area contributed by atoms with Crippen molar-refractivity contribution in [3.63, 3.8) is 0 Å². The summed E-state index contributed by atoms with van der Waals surface area (Å²) >= 11 is 0. The molecule has 2 fully saturated rings. The summed E-state index contributed by atoms with van der Waals surface area (Å²) in [6.07, 6.45) is 9.92. The summed E-state index contributed by atoms with van der Waals surface area (Å²) in [6, 6.07) is 0. The molecule has 0 amide bonds. The topological polar surface area (TPSA) is 47.9 Å². The van der Waals surface area contributed by atoms with E-state index >= 15 is 0 Å². The van der Waals surface area contributed by atoms with Crippen molar-refractivity contribution >= 4 is 8.32 Å². The van der Waals surface area contributed by atoms with Crippen molar-refractivity contribution in [1.29, 1.82) is 0 Å². The molecule has 0 aromatic carbocycles. The Morgan fingerprint density at radius 3 is 2.44 bits per heavy atom. The third-order valence-corrected chi connectivity index (χ3v) is 11.1. The van der Waals surface area contributed by atoms with Gasteiger partial charge < -0.3 is 19.0 Å². The molecule has 1 saturated heterocycles. The SMILES string of the molecule is CC(C)(C)[Si](C)(C)O[C@H]1C=C[C@@H](O)C[C@@H]1[C@H]1COC2(CCCCC2)O1. The average Bonchev–Trinajstić information content (AvgIpc) is 2.92. The van der Waals surface area contributed by atoms with E-state index in [2.05, 4.69) is 39.9 Å². The molecule has 0 bridgehead atoms. The fourth-order valence-corrected chi connectivity index (χ4v) is 5.31. The third kappa shape index (κ3) is 4.21. The summed E-state index contributed by atoms with van der Waals surface area (Å²) in [5, 5.41) is 10.4. The van der Waals surface area contributed by atoms with Crippen LogP contribution in [0.25, 0.3) is 0 Å². The summed E-state index contributed by atoms with van der Waals surface area (Å²) in [5.74, 6) is -0.202. The maximum absolute atomic E-state index is 10.2. The van der Waals surface area contributed by atoms with Gasteiger partial charge in [0.1, 0.15) is 0 Å². The van der Waals surface area contributed by atoms with Gasteiger partial charge in [-0.1, -0.05) is 39.3 Å². The smallest absolute Gasteiger partial charge is 0.192 e. The van der Waals surface area contributed by atoms with Crippen LogP contribution in [0.3, 0.4) is 0 Å². The molecule has 4 nitrogen and oxygen atoms in total. The first-order chi connectivity index (χ1) is 11.6. The van der Waals surface area contributed by atoms with Crippen molar-refractivity contribution in [3.8, 4) is 0 Å². The molecule has 144 valence electrons. The molecule has 3 aliphatic rings. The van der Waals surface area contributed by atoms with Crippen molar-refractivity contribution < 1.29 is 19.0 Å². The molecule has 1 N–H and O–H groups in total. The molecule has 0 aromatic rings. The Morgan fingerprint density at radius 2 is 1.80 bits per heavy atom. The van der Waals surface area contributed by atoms with E-state index in [1.165, 1.54) is 19.3 Å². The van der Waals surface area contributed by atoms with Gasteiger partial charge in [0.25, 0.3) is 0 Å². The lowest BCUT2D eigenvalue weighted by Crippen LogP contribution is -2.49. The van der Waals surface area contributed by atoms with Crippen molar-refractivity contribution in [1.82, 2.24) is 0 Å². The summed E-state index contributed by atoms with van der Waals surface area (Å²) in [7, 11) is -1.88. The second kappa shape index (κ2) is 7.08. The van der Waals surface area contributed by atoms with Crippen molar-refractivity contribution in [2.24, 2.45) is 5.92 Å².